The molecule has 4 aromatic rings. The van der Waals surface area contributed by atoms with Gasteiger partial charge in [0, 0.05) is 49.7 Å². The zero-order chi connectivity index (χ0) is 30.2. The molecule has 6 rings (SSSR count). The molecule has 3 nitrogen and oxygen atoms in total. The van der Waals surface area contributed by atoms with Crippen molar-refractivity contribution in [3.05, 3.63) is 132 Å². The Labute approximate surface area is 259 Å². The molecular weight excluding hydrogens is 521 g/mol. The molecule has 218 valence electrons. The lowest BCUT2D eigenvalue weighted by molar-refractivity contribution is -0.764. The topological polar surface area (TPSA) is 11.0 Å². The van der Waals surface area contributed by atoms with Crippen LogP contribution in [-0.4, -0.2) is 6.71 Å². The van der Waals surface area contributed by atoms with E-state index < -0.39 is 0 Å². The minimum absolute atomic E-state index is 0.00318. The first kappa shape index (κ1) is 29.2. The maximum absolute atomic E-state index is 2.63. The number of hydrogen-bond acceptors (Lipinski definition) is 1. The van der Waals surface area contributed by atoms with Crippen LogP contribution in [-0.2, 0) is 12.1 Å². The van der Waals surface area contributed by atoms with Crippen molar-refractivity contribution in [2.45, 2.75) is 79.3 Å². The van der Waals surface area contributed by atoms with Gasteiger partial charge < -0.3 is 4.90 Å². The van der Waals surface area contributed by atoms with Gasteiger partial charge >= 0.3 is 6.71 Å². The number of fused-ring (bicyclic) bond motifs is 3. The minimum Gasteiger partial charge on any atom is -0.325 e. The van der Waals surface area contributed by atoms with Crippen LogP contribution in [0.15, 0.2) is 115 Å². The number of rotatable bonds is 8. The summed E-state index contributed by atoms with van der Waals surface area (Å²) in [4.78, 5) is 2.41. The summed E-state index contributed by atoms with van der Waals surface area (Å²) in [6, 6.07) is 28.8. The van der Waals surface area contributed by atoms with Gasteiger partial charge in [-0.25, -0.2) is 4.57 Å². The Kier molecular flexibility index (Phi) is 7.90. The molecule has 4 heteroatoms. The lowest BCUT2D eigenvalue weighted by Crippen LogP contribution is -2.78. The molecule has 2 aromatic heterocycles. The van der Waals surface area contributed by atoms with Gasteiger partial charge in [-0.15, -0.1) is 0 Å². The van der Waals surface area contributed by atoms with E-state index in [0.717, 1.165) is 32.2 Å². The van der Waals surface area contributed by atoms with Crippen molar-refractivity contribution in [2.24, 2.45) is 5.41 Å². The lowest BCUT2D eigenvalue weighted by Gasteiger charge is -2.51. The highest BCUT2D eigenvalue weighted by Gasteiger charge is 2.62. The van der Waals surface area contributed by atoms with Crippen LogP contribution >= 0.6 is 0 Å². The second kappa shape index (κ2) is 11.6. The second-order valence-corrected chi connectivity index (χ2v) is 12.8. The van der Waals surface area contributed by atoms with E-state index in [1.165, 1.54) is 39.2 Å². The molecule has 0 saturated carbocycles. The number of nitrogens with zero attached hydrogens (tertiary/aromatic N) is 3. The zero-order valence-corrected chi connectivity index (χ0v) is 26.8. The third kappa shape index (κ3) is 4.76. The van der Waals surface area contributed by atoms with Crippen LogP contribution in [0, 0.1) is 26.2 Å². The predicted octanol–water partition coefficient (Wildman–Crippen LogP) is 7.57. The first-order valence-corrected chi connectivity index (χ1v) is 16.1. The first-order chi connectivity index (χ1) is 20.8. The average molecular weight is 568 g/mol. The minimum atomic E-state index is -0.0431. The molecule has 2 aromatic carbocycles. The summed E-state index contributed by atoms with van der Waals surface area (Å²) in [6.45, 7) is 15.3. The number of aryl methyl sites for hydroxylation is 4. The summed E-state index contributed by atoms with van der Waals surface area (Å²) >= 11 is 0. The highest BCUT2D eigenvalue weighted by atomic mass is 15.1. The smallest absolute Gasteiger partial charge is 0.318 e. The fraction of sp³-hybridized carbons (Fsp3) is 0.333. The van der Waals surface area contributed by atoms with Crippen LogP contribution in [0.3, 0.4) is 0 Å². The van der Waals surface area contributed by atoms with Crippen molar-refractivity contribution in [3.63, 3.8) is 0 Å². The highest BCUT2D eigenvalue weighted by molar-refractivity contribution is 6.83. The summed E-state index contributed by atoms with van der Waals surface area (Å²) in [6.07, 6.45) is 13.8. The number of aromatic nitrogens is 2. The highest BCUT2D eigenvalue weighted by Crippen LogP contribution is 2.52. The van der Waals surface area contributed by atoms with Crippen LogP contribution in [0.4, 0.5) is 5.69 Å². The van der Waals surface area contributed by atoms with Gasteiger partial charge in [0.1, 0.15) is 12.1 Å². The number of pyridine rings is 2. The fourth-order valence-electron chi connectivity index (χ4n) is 8.30. The van der Waals surface area contributed by atoms with E-state index in [1.807, 2.05) is 0 Å². The van der Waals surface area contributed by atoms with Crippen LogP contribution in [0.2, 0.25) is 0 Å². The van der Waals surface area contributed by atoms with Gasteiger partial charge in [-0.2, -0.15) is 4.57 Å². The third-order valence-corrected chi connectivity index (χ3v) is 10.7. The molecule has 2 unspecified atom stereocenters. The quantitative estimate of drug-likeness (QED) is 0.158. The summed E-state index contributed by atoms with van der Waals surface area (Å²) in [5.74, 6) is 2.45. The normalized spacial score (nSPS) is 20.9. The Morgan fingerprint density at radius 3 is 2.21 bits per heavy atom. The van der Waals surface area contributed by atoms with Crippen LogP contribution < -0.4 is 19.6 Å². The van der Waals surface area contributed by atoms with E-state index in [-0.39, 0.29) is 17.7 Å². The van der Waals surface area contributed by atoms with Crippen molar-refractivity contribution < 1.29 is 9.13 Å². The first-order valence-electron chi connectivity index (χ1n) is 16.1. The van der Waals surface area contributed by atoms with E-state index in [1.54, 1.807) is 5.47 Å². The molecule has 43 heavy (non-hydrogen) atoms. The molecule has 0 radical (unpaired) electrons. The van der Waals surface area contributed by atoms with Gasteiger partial charge in [-0.1, -0.05) is 67.8 Å². The van der Waals surface area contributed by atoms with Crippen molar-refractivity contribution in [3.8, 4) is 11.3 Å². The van der Waals surface area contributed by atoms with E-state index >= 15 is 0 Å². The van der Waals surface area contributed by atoms with E-state index in [9.17, 15) is 0 Å². The van der Waals surface area contributed by atoms with Crippen molar-refractivity contribution in [1.82, 2.24) is 0 Å². The molecule has 0 fully saturated rings. The van der Waals surface area contributed by atoms with Crippen LogP contribution in [0.1, 0.15) is 63.1 Å². The summed E-state index contributed by atoms with van der Waals surface area (Å²) in [5, 5.41) is 0. The predicted molar refractivity (Wildman–Crippen MR) is 180 cm³/mol. The molecule has 0 N–H and O–H groups in total. The molecule has 2 aliphatic rings. The van der Waals surface area contributed by atoms with Crippen molar-refractivity contribution >= 4 is 18.0 Å². The number of benzene rings is 2. The third-order valence-electron chi connectivity index (χ3n) is 10.7. The monoisotopic (exact) mass is 567 g/mol. The van der Waals surface area contributed by atoms with Gasteiger partial charge in [0.2, 0.25) is 5.69 Å². The van der Waals surface area contributed by atoms with Gasteiger partial charge in [0.15, 0.2) is 17.9 Å². The maximum atomic E-state index is 2.63. The summed E-state index contributed by atoms with van der Waals surface area (Å²) in [5.41, 5.74) is 10.8. The van der Waals surface area contributed by atoms with Gasteiger partial charge in [0.25, 0.3) is 0 Å². The Hall–Kier alpha value is -3.92. The largest absolute Gasteiger partial charge is 0.325 e. The molecule has 4 heterocycles. The SMILES string of the molecule is CCC1(CCC[n+]2ccccc2-c2ccccc2C)C2=CN(c3c(C)cccc3C)C=CB2c2cccc[n+]2C1(C)CC. The molecule has 0 amide bonds. The Morgan fingerprint density at radius 1 is 0.767 bits per heavy atom. The Balaban J connectivity index is 1.43. The Bertz CT molecular complexity index is 1680. The molecule has 0 spiro atoms. The summed E-state index contributed by atoms with van der Waals surface area (Å²) < 4.78 is 5.10. The molecule has 2 aliphatic heterocycles. The maximum Gasteiger partial charge on any atom is 0.318 e. The standard InChI is InChI=1S/C39H46BN3/c1-7-38(6)39(8-2,23-16-26-41-25-13-11-21-34(41)33-20-10-9-17-30(33)3)35-29-42(37-31(4)18-15-19-32(37)5)28-24-40(35)36-22-12-14-27-43(36)38/h9-15,17-22,24-25,27-29H,7-8,16,23,26H2,1-6H3/q+2. The van der Waals surface area contributed by atoms with E-state index in [2.05, 4.69) is 165 Å². The Morgan fingerprint density at radius 2 is 1.47 bits per heavy atom. The van der Waals surface area contributed by atoms with Gasteiger partial charge in [0.05, 0.1) is 11.1 Å². The van der Waals surface area contributed by atoms with E-state index in [4.69, 9.17) is 0 Å². The van der Waals surface area contributed by atoms with Gasteiger partial charge in [-0.3, -0.25) is 0 Å². The van der Waals surface area contributed by atoms with Crippen LogP contribution in [0.25, 0.3) is 11.3 Å². The average Bonchev–Trinajstić information content (AvgIpc) is 3.03. The van der Waals surface area contributed by atoms with E-state index in [0.29, 0.717) is 0 Å². The number of anilines is 1. The zero-order valence-electron chi connectivity index (χ0n) is 26.8. The summed E-state index contributed by atoms with van der Waals surface area (Å²) in [7, 11) is 0. The second-order valence-electron chi connectivity index (χ2n) is 12.8. The van der Waals surface area contributed by atoms with Crippen molar-refractivity contribution in [2.75, 3.05) is 4.90 Å². The molecular formula is C39H46BN3+2. The molecule has 0 bridgehead atoms. The molecule has 0 saturated heterocycles. The van der Waals surface area contributed by atoms with Crippen molar-refractivity contribution in [1.29, 1.82) is 0 Å². The number of para-hydroxylation sites is 1. The van der Waals surface area contributed by atoms with Gasteiger partial charge in [-0.05, 0) is 74.7 Å². The molecule has 2 atom stereocenters. The number of allylic oxidation sites excluding steroid dienone is 1. The number of hydrogen-bond donors (Lipinski definition) is 0. The fourth-order valence-corrected chi connectivity index (χ4v) is 8.30. The van der Waals surface area contributed by atoms with Crippen LogP contribution in [0.5, 0.6) is 0 Å². The lowest BCUT2D eigenvalue weighted by atomic mass is 9.31. The molecule has 0 aliphatic carbocycles.